The molecule has 90 valence electrons. The van der Waals surface area contributed by atoms with Crippen LogP contribution >= 0.6 is 11.6 Å². The third-order valence-corrected chi connectivity index (χ3v) is 3.29. The van der Waals surface area contributed by atoms with Gasteiger partial charge in [0.05, 0.1) is 17.3 Å². The lowest BCUT2D eigenvalue weighted by molar-refractivity contribution is 0.0939. The van der Waals surface area contributed by atoms with Crippen molar-refractivity contribution in [3.05, 3.63) is 64.7 Å². The predicted molar refractivity (Wildman–Crippen MR) is 71.5 cm³/mol. The third kappa shape index (κ3) is 1.83. The molecule has 1 aliphatic rings. The number of rotatable bonds is 1. The largest absolute Gasteiger partial charge is 0.279 e. The zero-order valence-electron chi connectivity index (χ0n) is 9.56. The molecule has 3 rings (SSSR count). The van der Waals surface area contributed by atoms with E-state index < -0.39 is 0 Å². The normalized spacial score (nSPS) is 14.1. The third-order valence-electron chi connectivity index (χ3n) is 2.97. The zero-order valence-corrected chi connectivity index (χ0v) is 10.3. The fourth-order valence-corrected chi connectivity index (χ4v) is 2.33. The van der Waals surface area contributed by atoms with Crippen molar-refractivity contribution in [2.75, 3.05) is 5.01 Å². The van der Waals surface area contributed by atoms with E-state index in [0.29, 0.717) is 11.6 Å². The number of anilines is 1. The van der Waals surface area contributed by atoms with Crippen LogP contribution < -0.4 is 10.4 Å². The highest BCUT2D eigenvalue weighted by molar-refractivity contribution is 6.33. The van der Waals surface area contributed by atoms with Crippen LogP contribution in [0.4, 0.5) is 5.69 Å². The van der Waals surface area contributed by atoms with Gasteiger partial charge in [-0.2, -0.15) is 0 Å². The van der Waals surface area contributed by atoms with Crippen LogP contribution in [0.15, 0.2) is 48.5 Å². The molecule has 1 N–H and O–H groups in total. The van der Waals surface area contributed by atoms with E-state index in [1.54, 1.807) is 5.01 Å². The summed E-state index contributed by atoms with van der Waals surface area (Å²) in [6.07, 6.45) is 0. The monoisotopic (exact) mass is 258 g/mol. The predicted octanol–water partition coefficient (Wildman–Crippen LogP) is 3.01. The highest BCUT2D eigenvalue weighted by Gasteiger charge is 2.23. The maximum Gasteiger partial charge on any atom is 0.270 e. The minimum atomic E-state index is -0.100. The molecule has 0 aliphatic carbocycles. The zero-order chi connectivity index (χ0) is 12.5. The van der Waals surface area contributed by atoms with Gasteiger partial charge in [-0.15, -0.1) is 0 Å². The van der Waals surface area contributed by atoms with Crippen LogP contribution in [0.25, 0.3) is 0 Å². The fraction of sp³-hybridized carbons (Fsp3) is 0.0714. The van der Waals surface area contributed by atoms with Gasteiger partial charge in [0.2, 0.25) is 0 Å². The molecule has 2 aromatic carbocycles. The lowest BCUT2D eigenvalue weighted by Crippen LogP contribution is -2.46. The van der Waals surface area contributed by atoms with E-state index in [0.717, 1.165) is 16.8 Å². The van der Waals surface area contributed by atoms with Crippen molar-refractivity contribution in [3.8, 4) is 0 Å². The van der Waals surface area contributed by atoms with Crippen molar-refractivity contribution in [1.82, 2.24) is 5.43 Å². The molecule has 1 heterocycles. The summed E-state index contributed by atoms with van der Waals surface area (Å²) in [5, 5.41) is 2.39. The SMILES string of the molecule is O=C1NN(c2ccccc2Cl)Cc2ccccc21. The van der Waals surface area contributed by atoms with Crippen molar-refractivity contribution in [1.29, 1.82) is 0 Å². The number of amides is 1. The van der Waals surface area contributed by atoms with Crippen LogP contribution in [0.1, 0.15) is 15.9 Å². The quantitative estimate of drug-likeness (QED) is 0.853. The number of hydrogen-bond acceptors (Lipinski definition) is 2. The number of carbonyl (C=O) groups excluding carboxylic acids is 1. The Bertz CT molecular complexity index is 612. The maximum absolute atomic E-state index is 12.0. The Morgan fingerprint density at radius 3 is 2.61 bits per heavy atom. The first-order valence-corrected chi connectivity index (χ1v) is 6.04. The molecular formula is C14H11ClN2O. The summed E-state index contributed by atoms with van der Waals surface area (Å²) in [7, 11) is 0. The number of fused-ring (bicyclic) bond motifs is 1. The lowest BCUT2D eigenvalue weighted by atomic mass is 10.0. The molecule has 0 saturated heterocycles. The Hall–Kier alpha value is -2.00. The molecule has 1 aliphatic heterocycles. The van der Waals surface area contributed by atoms with Crippen molar-refractivity contribution in [2.24, 2.45) is 0 Å². The molecule has 4 heteroatoms. The Labute approximate surface area is 110 Å². The van der Waals surface area contributed by atoms with Crippen LogP contribution in [0.5, 0.6) is 0 Å². The highest BCUT2D eigenvalue weighted by Crippen LogP contribution is 2.27. The lowest BCUT2D eigenvalue weighted by Gasteiger charge is -2.31. The standard InChI is InChI=1S/C14H11ClN2O/c15-12-7-3-4-8-13(12)17-9-10-5-1-2-6-11(10)14(18)16-17/h1-8H,9H2,(H,16,18). The molecule has 0 saturated carbocycles. The molecule has 18 heavy (non-hydrogen) atoms. The molecule has 3 nitrogen and oxygen atoms in total. The van der Waals surface area contributed by atoms with E-state index in [9.17, 15) is 4.79 Å². The van der Waals surface area contributed by atoms with E-state index in [-0.39, 0.29) is 5.91 Å². The minimum Gasteiger partial charge on any atom is -0.279 e. The minimum absolute atomic E-state index is 0.100. The van der Waals surface area contributed by atoms with Crippen molar-refractivity contribution >= 4 is 23.2 Å². The summed E-state index contributed by atoms with van der Waals surface area (Å²) in [5.74, 6) is -0.100. The number of benzene rings is 2. The molecule has 1 amide bonds. The van der Waals surface area contributed by atoms with E-state index in [1.165, 1.54) is 0 Å². The first-order valence-electron chi connectivity index (χ1n) is 5.66. The number of hydrogen-bond donors (Lipinski definition) is 1. The van der Waals surface area contributed by atoms with Crippen molar-refractivity contribution < 1.29 is 4.79 Å². The second kappa shape index (κ2) is 4.35. The average molecular weight is 259 g/mol. The second-order valence-electron chi connectivity index (χ2n) is 4.14. The first kappa shape index (κ1) is 11.1. The number of nitrogens with one attached hydrogen (secondary N) is 1. The summed E-state index contributed by atoms with van der Waals surface area (Å²) < 4.78 is 0. The molecule has 0 atom stereocenters. The molecule has 0 radical (unpaired) electrons. The molecule has 0 spiro atoms. The van der Waals surface area contributed by atoms with Crippen molar-refractivity contribution in [3.63, 3.8) is 0 Å². The van der Waals surface area contributed by atoms with Crippen LogP contribution in [0, 0.1) is 0 Å². The van der Waals surface area contributed by atoms with Crippen LogP contribution in [-0.4, -0.2) is 5.91 Å². The Morgan fingerprint density at radius 1 is 1.06 bits per heavy atom. The molecular weight excluding hydrogens is 248 g/mol. The summed E-state index contributed by atoms with van der Waals surface area (Å²) in [4.78, 5) is 12.0. The van der Waals surface area contributed by atoms with Gasteiger partial charge in [-0.05, 0) is 23.8 Å². The van der Waals surface area contributed by atoms with E-state index in [2.05, 4.69) is 5.43 Å². The van der Waals surface area contributed by atoms with Gasteiger partial charge in [0.25, 0.3) is 5.91 Å². The topological polar surface area (TPSA) is 32.3 Å². The van der Waals surface area contributed by atoms with E-state index in [1.807, 2.05) is 48.5 Å². The number of para-hydroxylation sites is 1. The number of carbonyl (C=O) groups is 1. The maximum atomic E-state index is 12.0. The fourth-order valence-electron chi connectivity index (χ4n) is 2.09. The van der Waals surface area contributed by atoms with Crippen LogP contribution in [0.2, 0.25) is 5.02 Å². The van der Waals surface area contributed by atoms with Gasteiger partial charge in [0.15, 0.2) is 0 Å². The smallest absolute Gasteiger partial charge is 0.270 e. The van der Waals surface area contributed by atoms with Gasteiger partial charge in [0.1, 0.15) is 0 Å². The summed E-state index contributed by atoms with van der Waals surface area (Å²) in [5.41, 5.74) is 5.37. The van der Waals surface area contributed by atoms with E-state index in [4.69, 9.17) is 11.6 Å². The van der Waals surface area contributed by atoms with Gasteiger partial charge < -0.3 is 0 Å². The average Bonchev–Trinajstić information content (AvgIpc) is 2.39. The summed E-state index contributed by atoms with van der Waals surface area (Å²) >= 11 is 6.14. The Kier molecular flexibility index (Phi) is 2.68. The van der Waals surface area contributed by atoms with Gasteiger partial charge in [-0.1, -0.05) is 41.9 Å². The Balaban J connectivity index is 2.00. The summed E-state index contributed by atoms with van der Waals surface area (Å²) in [6, 6.07) is 15.0. The molecule has 0 unspecified atom stereocenters. The number of nitrogens with zero attached hydrogens (tertiary/aromatic N) is 1. The van der Waals surface area contributed by atoms with Crippen molar-refractivity contribution in [2.45, 2.75) is 6.54 Å². The van der Waals surface area contributed by atoms with Gasteiger partial charge in [-0.3, -0.25) is 15.2 Å². The second-order valence-corrected chi connectivity index (χ2v) is 4.54. The molecule has 2 aromatic rings. The molecule has 0 aromatic heterocycles. The summed E-state index contributed by atoms with van der Waals surface area (Å²) in [6.45, 7) is 0.617. The highest BCUT2D eigenvalue weighted by atomic mass is 35.5. The first-order chi connectivity index (χ1) is 8.75. The number of halogens is 1. The molecule has 0 bridgehead atoms. The van der Waals surface area contributed by atoms with Gasteiger partial charge in [-0.25, -0.2) is 0 Å². The van der Waals surface area contributed by atoms with Crippen LogP contribution in [-0.2, 0) is 6.54 Å². The van der Waals surface area contributed by atoms with E-state index >= 15 is 0 Å². The number of hydrazine groups is 1. The van der Waals surface area contributed by atoms with Gasteiger partial charge in [0, 0.05) is 5.56 Å². The van der Waals surface area contributed by atoms with Crippen LogP contribution in [0.3, 0.4) is 0 Å². The molecule has 0 fully saturated rings. The van der Waals surface area contributed by atoms with Gasteiger partial charge >= 0.3 is 0 Å². The Morgan fingerprint density at radius 2 is 1.78 bits per heavy atom.